The number of carboxylic acid groups (broad SMARTS) is 1. The average Bonchev–Trinajstić information content (AvgIpc) is 3.11. The molecule has 1 aliphatic heterocycles. The Morgan fingerprint density at radius 3 is 2.50 bits per heavy atom. The van der Waals surface area contributed by atoms with Gasteiger partial charge in [0.1, 0.15) is 0 Å². The van der Waals surface area contributed by atoms with Gasteiger partial charge >= 0.3 is 5.97 Å². The predicted octanol–water partition coefficient (Wildman–Crippen LogP) is 3.95. The molecule has 0 aromatic heterocycles. The van der Waals surface area contributed by atoms with Crippen molar-refractivity contribution in [1.29, 1.82) is 0 Å². The number of carboxylic acids is 1. The Labute approximate surface area is 169 Å². The number of hydrogen-bond acceptors (Lipinski definition) is 4. The number of carbonyl (C=O) groups excluding carboxylic acids is 1. The Morgan fingerprint density at radius 1 is 1.18 bits per heavy atom. The molecule has 2 aromatic rings. The summed E-state index contributed by atoms with van der Waals surface area (Å²) in [6.45, 7) is 0. The Bertz CT molecular complexity index is 909. The molecule has 1 heterocycles. The zero-order chi connectivity index (χ0) is 20.3. The standard InChI is InChI=1S/C21H22ClN3O3/c1-24(2)17-8-6-14(7-9-17)18-13-19(15-4-3-5-16(22)12-15)25(23-18)20(26)10-11-21(27)28/h3-9,12,19H,10-11,13H2,1-2H3,(H,27,28). The monoisotopic (exact) mass is 399 g/mol. The second kappa shape index (κ2) is 8.44. The summed E-state index contributed by atoms with van der Waals surface area (Å²) in [5.74, 6) is -1.32. The van der Waals surface area contributed by atoms with Crippen molar-refractivity contribution in [2.75, 3.05) is 19.0 Å². The van der Waals surface area contributed by atoms with Crippen molar-refractivity contribution in [2.45, 2.75) is 25.3 Å². The van der Waals surface area contributed by atoms with Crippen molar-refractivity contribution in [3.8, 4) is 0 Å². The molecule has 1 unspecified atom stereocenters. The molecule has 0 spiro atoms. The highest BCUT2D eigenvalue weighted by atomic mass is 35.5. The maximum Gasteiger partial charge on any atom is 0.303 e. The van der Waals surface area contributed by atoms with Gasteiger partial charge in [0, 0.05) is 37.6 Å². The summed E-state index contributed by atoms with van der Waals surface area (Å²) in [5.41, 5.74) is 3.67. The van der Waals surface area contributed by atoms with E-state index in [0.717, 1.165) is 22.5 Å². The summed E-state index contributed by atoms with van der Waals surface area (Å²) in [7, 11) is 3.94. The molecule has 0 aliphatic carbocycles. The van der Waals surface area contributed by atoms with Gasteiger partial charge in [0.25, 0.3) is 0 Å². The molecule has 0 fully saturated rings. The lowest BCUT2D eigenvalue weighted by molar-refractivity contribution is -0.141. The summed E-state index contributed by atoms with van der Waals surface area (Å²) >= 11 is 6.13. The van der Waals surface area contributed by atoms with E-state index in [4.69, 9.17) is 16.7 Å². The van der Waals surface area contributed by atoms with Gasteiger partial charge in [0.05, 0.1) is 18.2 Å². The zero-order valence-electron chi connectivity index (χ0n) is 15.8. The minimum absolute atomic E-state index is 0.0945. The SMILES string of the molecule is CN(C)c1ccc(C2=NN(C(=O)CCC(=O)O)C(c3cccc(Cl)c3)C2)cc1. The molecule has 0 saturated heterocycles. The predicted molar refractivity (Wildman–Crippen MR) is 110 cm³/mol. The van der Waals surface area contributed by atoms with E-state index in [9.17, 15) is 9.59 Å². The molecular formula is C21H22ClN3O3. The van der Waals surface area contributed by atoms with Crippen LogP contribution in [0.2, 0.25) is 5.02 Å². The first-order valence-corrected chi connectivity index (χ1v) is 9.37. The van der Waals surface area contributed by atoms with Gasteiger partial charge in [0.15, 0.2) is 0 Å². The normalized spacial score (nSPS) is 16.0. The first-order chi connectivity index (χ1) is 13.3. The second-order valence-corrected chi connectivity index (χ2v) is 7.33. The van der Waals surface area contributed by atoms with Crippen LogP contribution in [0.15, 0.2) is 53.6 Å². The third kappa shape index (κ3) is 4.51. The van der Waals surface area contributed by atoms with Crippen LogP contribution in [-0.4, -0.2) is 41.8 Å². The number of hydrazone groups is 1. The highest BCUT2D eigenvalue weighted by Gasteiger charge is 2.33. The van der Waals surface area contributed by atoms with Crippen LogP contribution in [0.5, 0.6) is 0 Å². The minimum atomic E-state index is -1.00. The van der Waals surface area contributed by atoms with E-state index < -0.39 is 5.97 Å². The summed E-state index contributed by atoms with van der Waals surface area (Å²) in [6, 6.07) is 15.0. The van der Waals surface area contributed by atoms with Crippen LogP contribution < -0.4 is 4.90 Å². The molecule has 146 valence electrons. The highest BCUT2D eigenvalue weighted by molar-refractivity contribution is 6.30. The first-order valence-electron chi connectivity index (χ1n) is 8.99. The van der Waals surface area contributed by atoms with Crippen LogP contribution in [0.3, 0.4) is 0 Å². The summed E-state index contributed by atoms with van der Waals surface area (Å²) in [5, 5.41) is 15.4. The Kier molecular flexibility index (Phi) is 5.99. The van der Waals surface area contributed by atoms with Crippen molar-refractivity contribution < 1.29 is 14.7 Å². The van der Waals surface area contributed by atoms with Crippen LogP contribution in [0.1, 0.15) is 36.4 Å². The van der Waals surface area contributed by atoms with E-state index in [1.54, 1.807) is 6.07 Å². The topological polar surface area (TPSA) is 73.2 Å². The average molecular weight is 400 g/mol. The number of nitrogens with zero attached hydrogens (tertiary/aromatic N) is 3. The Hall–Kier alpha value is -2.86. The minimum Gasteiger partial charge on any atom is -0.481 e. The van der Waals surface area contributed by atoms with Gasteiger partial charge in [-0.3, -0.25) is 9.59 Å². The van der Waals surface area contributed by atoms with Crippen molar-refractivity contribution >= 4 is 34.9 Å². The molecular weight excluding hydrogens is 378 g/mol. The third-order valence-electron chi connectivity index (χ3n) is 4.67. The number of anilines is 1. The number of amides is 1. The quantitative estimate of drug-likeness (QED) is 0.798. The van der Waals surface area contributed by atoms with E-state index in [-0.39, 0.29) is 24.8 Å². The molecule has 1 atom stereocenters. The van der Waals surface area contributed by atoms with Crippen molar-refractivity contribution in [3.63, 3.8) is 0 Å². The van der Waals surface area contributed by atoms with Gasteiger partial charge in [0.2, 0.25) is 5.91 Å². The van der Waals surface area contributed by atoms with E-state index in [0.29, 0.717) is 11.4 Å². The van der Waals surface area contributed by atoms with Gasteiger partial charge in [-0.2, -0.15) is 5.10 Å². The summed E-state index contributed by atoms with van der Waals surface area (Å²) < 4.78 is 0. The summed E-state index contributed by atoms with van der Waals surface area (Å²) in [6.07, 6.45) is 0.225. The van der Waals surface area contributed by atoms with Crippen LogP contribution in [0.4, 0.5) is 5.69 Å². The van der Waals surface area contributed by atoms with Crippen LogP contribution in [0.25, 0.3) is 0 Å². The molecule has 7 heteroatoms. The zero-order valence-corrected chi connectivity index (χ0v) is 16.6. The van der Waals surface area contributed by atoms with Gasteiger partial charge in [-0.1, -0.05) is 35.9 Å². The van der Waals surface area contributed by atoms with Gasteiger partial charge in [-0.15, -0.1) is 0 Å². The lowest BCUT2D eigenvalue weighted by Gasteiger charge is -2.22. The van der Waals surface area contributed by atoms with Gasteiger partial charge in [-0.25, -0.2) is 5.01 Å². The smallest absolute Gasteiger partial charge is 0.303 e. The van der Waals surface area contributed by atoms with Crippen molar-refractivity contribution in [3.05, 3.63) is 64.7 Å². The van der Waals surface area contributed by atoms with Crippen molar-refractivity contribution in [1.82, 2.24) is 5.01 Å². The van der Waals surface area contributed by atoms with E-state index in [2.05, 4.69) is 5.10 Å². The highest BCUT2D eigenvalue weighted by Crippen LogP contribution is 2.34. The largest absolute Gasteiger partial charge is 0.481 e. The molecule has 2 aromatic carbocycles. The van der Waals surface area contributed by atoms with E-state index in [1.165, 1.54) is 5.01 Å². The lowest BCUT2D eigenvalue weighted by atomic mass is 9.98. The molecule has 1 amide bonds. The van der Waals surface area contributed by atoms with E-state index >= 15 is 0 Å². The molecule has 0 radical (unpaired) electrons. The number of rotatable bonds is 6. The number of benzene rings is 2. The molecule has 6 nitrogen and oxygen atoms in total. The van der Waals surface area contributed by atoms with Crippen LogP contribution >= 0.6 is 11.6 Å². The Balaban J connectivity index is 1.90. The summed E-state index contributed by atoms with van der Waals surface area (Å²) in [4.78, 5) is 25.5. The van der Waals surface area contributed by atoms with Gasteiger partial charge in [-0.05, 0) is 35.4 Å². The number of aliphatic carboxylic acids is 1. The fraction of sp³-hybridized carbons (Fsp3) is 0.286. The molecule has 3 rings (SSSR count). The van der Waals surface area contributed by atoms with Crippen molar-refractivity contribution in [2.24, 2.45) is 5.10 Å². The van der Waals surface area contributed by atoms with Gasteiger partial charge < -0.3 is 10.0 Å². The lowest BCUT2D eigenvalue weighted by Crippen LogP contribution is -2.27. The van der Waals surface area contributed by atoms with E-state index in [1.807, 2.05) is 61.5 Å². The Morgan fingerprint density at radius 2 is 1.89 bits per heavy atom. The number of halogens is 1. The third-order valence-corrected chi connectivity index (χ3v) is 4.90. The maximum atomic E-state index is 12.7. The first kappa shape index (κ1) is 19.9. The second-order valence-electron chi connectivity index (χ2n) is 6.89. The number of carbonyl (C=O) groups is 2. The fourth-order valence-electron chi connectivity index (χ4n) is 3.17. The molecule has 28 heavy (non-hydrogen) atoms. The molecule has 1 aliphatic rings. The maximum absolute atomic E-state index is 12.7. The number of hydrogen-bond donors (Lipinski definition) is 1. The van der Waals surface area contributed by atoms with Crippen LogP contribution in [0, 0.1) is 0 Å². The molecule has 1 N–H and O–H groups in total. The molecule has 0 saturated carbocycles. The van der Waals surface area contributed by atoms with Crippen LogP contribution in [-0.2, 0) is 9.59 Å². The fourth-order valence-corrected chi connectivity index (χ4v) is 3.37. The molecule has 0 bridgehead atoms.